The fraction of sp³-hybridized carbons (Fsp3) is 0.0435. The van der Waals surface area contributed by atoms with Gasteiger partial charge < -0.3 is 0 Å². The average molecular weight is 410 g/mol. The Kier molecular flexibility index (Phi) is 4.92. The molecule has 0 aliphatic heterocycles. The zero-order valence-electron chi connectivity index (χ0n) is 15.4. The molecule has 0 saturated carbocycles. The number of aromatic nitrogens is 2. The highest BCUT2D eigenvalue weighted by Crippen LogP contribution is 2.24. The Morgan fingerprint density at radius 1 is 0.733 bits per heavy atom. The van der Waals surface area contributed by atoms with Gasteiger partial charge in [0.05, 0.1) is 5.56 Å². The van der Waals surface area contributed by atoms with E-state index in [1.807, 2.05) is 0 Å². The van der Waals surface area contributed by atoms with E-state index in [1.165, 1.54) is 30.6 Å². The molecule has 0 saturated heterocycles. The predicted molar refractivity (Wildman–Crippen MR) is 102 cm³/mol. The summed E-state index contributed by atoms with van der Waals surface area (Å²) < 4.78 is 69.4. The molecule has 3 aromatic carbocycles. The molecule has 1 aromatic heterocycles. The lowest BCUT2D eigenvalue weighted by Gasteiger charge is -2.04. The van der Waals surface area contributed by atoms with E-state index in [9.17, 15) is 22.0 Å². The van der Waals surface area contributed by atoms with E-state index in [0.29, 0.717) is 0 Å². The van der Waals surface area contributed by atoms with Crippen LogP contribution in [0.25, 0.3) is 22.2 Å². The van der Waals surface area contributed by atoms with Gasteiger partial charge in [0, 0.05) is 28.9 Å². The van der Waals surface area contributed by atoms with Crippen LogP contribution < -0.4 is 0 Å². The molecule has 0 amide bonds. The van der Waals surface area contributed by atoms with Crippen molar-refractivity contribution in [2.24, 2.45) is 0 Å². The van der Waals surface area contributed by atoms with Crippen LogP contribution in [0.2, 0.25) is 0 Å². The maximum absolute atomic E-state index is 14.4. The smallest absolute Gasteiger partial charge is 0.195 e. The Morgan fingerprint density at radius 3 is 2.07 bits per heavy atom. The van der Waals surface area contributed by atoms with E-state index >= 15 is 0 Å². The summed E-state index contributed by atoms with van der Waals surface area (Å²) in [5.41, 5.74) is 0.745. The van der Waals surface area contributed by atoms with Crippen LogP contribution in [0.5, 0.6) is 0 Å². The third kappa shape index (κ3) is 3.60. The van der Waals surface area contributed by atoms with Crippen LogP contribution in [-0.4, -0.2) is 9.97 Å². The molecule has 0 spiro atoms. The molecule has 4 aromatic rings. The van der Waals surface area contributed by atoms with Crippen molar-refractivity contribution in [2.45, 2.75) is 6.92 Å². The van der Waals surface area contributed by atoms with E-state index < -0.39 is 34.6 Å². The van der Waals surface area contributed by atoms with Crippen LogP contribution in [0.15, 0.2) is 48.8 Å². The molecule has 0 atom stereocenters. The van der Waals surface area contributed by atoms with Gasteiger partial charge in [0.2, 0.25) is 0 Å². The number of fused-ring (bicyclic) bond motifs is 1. The second-order valence-electron chi connectivity index (χ2n) is 6.57. The number of rotatable bonds is 1. The van der Waals surface area contributed by atoms with Crippen molar-refractivity contribution in [2.75, 3.05) is 0 Å². The highest BCUT2D eigenvalue weighted by molar-refractivity contribution is 5.84. The van der Waals surface area contributed by atoms with Crippen LogP contribution in [0.1, 0.15) is 16.7 Å². The van der Waals surface area contributed by atoms with E-state index in [2.05, 4.69) is 21.8 Å². The molecular weight excluding hydrogens is 399 g/mol. The number of nitrogens with zero attached hydrogens (tertiary/aromatic N) is 2. The molecule has 0 fully saturated rings. The first-order valence-electron chi connectivity index (χ1n) is 8.71. The Hall–Kier alpha value is -3.79. The van der Waals surface area contributed by atoms with Gasteiger partial charge in [0.1, 0.15) is 11.6 Å². The van der Waals surface area contributed by atoms with Gasteiger partial charge in [-0.1, -0.05) is 17.9 Å². The lowest BCUT2D eigenvalue weighted by Crippen LogP contribution is -1.95. The van der Waals surface area contributed by atoms with E-state index in [1.54, 1.807) is 6.92 Å². The fourth-order valence-corrected chi connectivity index (χ4v) is 2.88. The monoisotopic (exact) mass is 410 g/mol. The molecule has 0 radical (unpaired) electrons. The number of hydrogen-bond acceptors (Lipinski definition) is 2. The van der Waals surface area contributed by atoms with Crippen LogP contribution >= 0.6 is 0 Å². The second kappa shape index (κ2) is 7.56. The van der Waals surface area contributed by atoms with Crippen molar-refractivity contribution in [3.63, 3.8) is 0 Å². The number of benzene rings is 3. The topological polar surface area (TPSA) is 25.8 Å². The van der Waals surface area contributed by atoms with Gasteiger partial charge in [-0.05, 0) is 48.2 Å². The summed E-state index contributed by atoms with van der Waals surface area (Å²) in [6, 6.07) is 6.86. The van der Waals surface area contributed by atoms with Crippen molar-refractivity contribution in [3.8, 4) is 23.2 Å². The van der Waals surface area contributed by atoms with E-state index in [-0.39, 0.29) is 27.7 Å². The fourth-order valence-electron chi connectivity index (χ4n) is 2.88. The van der Waals surface area contributed by atoms with Crippen molar-refractivity contribution in [1.82, 2.24) is 9.97 Å². The van der Waals surface area contributed by atoms with Gasteiger partial charge in [0.15, 0.2) is 23.3 Å². The summed E-state index contributed by atoms with van der Waals surface area (Å²) >= 11 is 0. The minimum atomic E-state index is -1.57. The van der Waals surface area contributed by atoms with E-state index in [0.717, 1.165) is 23.8 Å². The zero-order valence-corrected chi connectivity index (χ0v) is 15.4. The van der Waals surface area contributed by atoms with Crippen molar-refractivity contribution in [1.29, 1.82) is 0 Å². The summed E-state index contributed by atoms with van der Waals surface area (Å²) in [6.07, 6.45) is 3.06. The van der Waals surface area contributed by atoms with Crippen LogP contribution in [-0.2, 0) is 0 Å². The maximum Gasteiger partial charge on any atom is 0.195 e. The predicted octanol–water partition coefficient (Wildman–Crippen LogP) is 5.70. The number of hydrogen-bond donors (Lipinski definition) is 0. The Balaban J connectivity index is 1.72. The SMILES string of the molecule is Cc1cnc(-c2cc(F)c(C#Cc3ccc4c(F)c(F)c(F)cc4c3)c(F)c2)nc1. The zero-order chi connectivity index (χ0) is 21.4. The first-order chi connectivity index (χ1) is 14.3. The third-order valence-corrected chi connectivity index (χ3v) is 4.39. The van der Waals surface area contributed by atoms with Gasteiger partial charge in [-0.2, -0.15) is 0 Å². The summed E-state index contributed by atoms with van der Waals surface area (Å²) in [5.74, 6) is -0.902. The number of aryl methyl sites for hydroxylation is 1. The molecule has 7 heteroatoms. The largest absolute Gasteiger partial charge is 0.236 e. The molecule has 0 aliphatic carbocycles. The first-order valence-corrected chi connectivity index (χ1v) is 8.71. The molecule has 0 unspecified atom stereocenters. The summed E-state index contributed by atoms with van der Waals surface area (Å²) in [6.45, 7) is 1.79. The quantitative estimate of drug-likeness (QED) is 0.229. The minimum Gasteiger partial charge on any atom is -0.236 e. The molecule has 1 heterocycles. The van der Waals surface area contributed by atoms with E-state index in [4.69, 9.17) is 0 Å². The van der Waals surface area contributed by atoms with Gasteiger partial charge in [0.25, 0.3) is 0 Å². The van der Waals surface area contributed by atoms with Gasteiger partial charge >= 0.3 is 0 Å². The van der Waals surface area contributed by atoms with Gasteiger partial charge in [-0.25, -0.2) is 31.9 Å². The summed E-state index contributed by atoms with van der Waals surface area (Å²) in [4.78, 5) is 8.07. The van der Waals surface area contributed by atoms with Crippen LogP contribution in [0.4, 0.5) is 22.0 Å². The minimum absolute atomic E-state index is 0.0750. The highest BCUT2D eigenvalue weighted by Gasteiger charge is 2.14. The van der Waals surface area contributed by atoms with Gasteiger partial charge in [-0.15, -0.1) is 0 Å². The Labute approximate surface area is 168 Å². The third-order valence-electron chi connectivity index (χ3n) is 4.39. The second-order valence-corrected chi connectivity index (χ2v) is 6.57. The van der Waals surface area contributed by atoms with Crippen molar-refractivity contribution in [3.05, 3.63) is 94.6 Å². The first kappa shape index (κ1) is 19.5. The molecule has 0 bridgehead atoms. The molecule has 4 rings (SSSR count). The molecule has 0 N–H and O–H groups in total. The van der Waals surface area contributed by atoms with Crippen LogP contribution in [0, 0.1) is 47.9 Å². The lowest BCUT2D eigenvalue weighted by atomic mass is 10.1. The van der Waals surface area contributed by atoms with Crippen LogP contribution in [0.3, 0.4) is 0 Å². The van der Waals surface area contributed by atoms with Gasteiger partial charge in [-0.3, -0.25) is 0 Å². The summed E-state index contributed by atoms with van der Waals surface area (Å²) in [5, 5.41) is -0.0507. The molecule has 2 nitrogen and oxygen atoms in total. The highest BCUT2D eigenvalue weighted by atomic mass is 19.2. The molecule has 148 valence electrons. The van der Waals surface area contributed by atoms with Crippen molar-refractivity contribution < 1.29 is 22.0 Å². The standard InChI is InChI=1S/C23H11F5N2/c1-12-10-29-23(30-11-12)15-8-18(24)17(19(25)9-15)5-3-13-2-4-16-14(6-13)7-20(26)22(28)21(16)27/h2,4,6-11H,1H3. The molecule has 0 aliphatic rings. The normalized spacial score (nSPS) is 10.7. The number of halogens is 5. The van der Waals surface area contributed by atoms with Crippen molar-refractivity contribution >= 4 is 10.8 Å². The molecular formula is C23H11F5N2. The lowest BCUT2D eigenvalue weighted by molar-refractivity contribution is 0.453. The average Bonchev–Trinajstić information content (AvgIpc) is 2.72. The Morgan fingerprint density at radius 2 is 1.40 bits per heavy atom. The molecule has 30 heavy (non-hydrogen) atoms. The Bertz CT molecular complexity index is 1330. The maximum atomic E-state index is 14.4. The summed E-state index contributed by atoms with van der Waals surface area (Å²) in [7, 11) is 0.